The lowest BCUT2D eigenvalue weighted by Crippen LogP contribution is -2.28. The summed E-state index contributed by atoms with van der Waals surface area (Å²) < 4.78 is 0. The van der Waals surface area contributed by atoms with E-state index < -0.39 is 0 Å². The zero-order valence-electron chi connectivity index (χ0n) is 12.9. The number of rotatable bonds is 3. The molecule has 1 aliphatic heterocycles. The fourth-order valence-electron chi connectivity index (χ4n) is 3.31. The van der Waals surface area contributed by atoms with E-state index in [-0.39, 0.29) is 0 Å². The van der Waals surface area contributed by atoms with Gasteiger partial charge in [0.15, 0.2) is 0 Å². The van der Waals surface area contributed by atoms with Crippen molar-refractivity contribution in [2.24, 2.45) is 5.92 Å². The predicted molar refractivity (Wildman–Crippen MR) is 90.8 cm³/mol. The molecule has 3 aromatic rings. The molecule has 0 bridgehead atoms. The van der Waals surface area contributed by atoms with Gasteiger partial charge in [-0.05, 0) is 56.5 Å². The Morgan fingerprint density at radius 3 is 2.96 bits per heavy atom. The van der Waals surface area contributed by atoms with Crippen LogP contribution in [0.2, 0.25) is 0 Å². The van der Waals surface area contributed by atoms with Gasteiger partial charge in [-0.3, -0.25) is 0 Å². The fourth-order valence-corrected chi connectivity index (χ4v) is 3.31. The lowest BCUT2D eigenvalue weighted by molar-refractivity contribution is 0.370. The first-order valence-corrected chi connectivity index (χ1v) is 8.06. The van der Waals surface area contributed by atoms with Gasteiger partial charge in [0.25, 0.3) is 0 Å². The minimum absolute atomic E-state index is 0.338. The lowest BCUT2D eigenvalue weighted by Gasteiger charge is -2.22. The summed E-state index contributed by atoms with van der Waals surface area (Å²) in [5.74, 6) is 1.01. The summed E-state index contributed by atoms with van der Waals surface area (Å²) in [5.41, 5.74) is 9.72. The summed E-state index contributed by atoms with van der Waals surface area (Å²) in [6, 6.07) is 6.03. The van der Waals surface area contributed by atoms with Crippen LogP contribution < -0.4 is 11.1 Å². The molecule has 0 unspecified atom stereocenters. The van der Waals surface area contributed by atoms with E-state index in [0.29, 0.717) is 11.9 Å². The molecule has 6 nitrogen and oxygen atoms in total. The highest BCUT2D eigenvalue weighted by atomic mass is 15.0. The molecule has 118 valence electrons. The Hall–Kier alpha value is -2.47. The first kappa shape index (κ1) is 14.1. The van der Waals surface area contributed by atoms with Gasteiger partial charge in [-0.1, -0.05) is 0 Å². The number of hydrogen-bond acceptors (Lipinski definition) is 5. The number of nitrogen functional groups attached to an aromatic ring is 1. The smallest absolute Gasteiger partial charge is 0.220 e. The minimum atomic E-state index is 0.338. The van der Waals surface area contributed by atoms with Crippen LogP contribution in [0.15, 0.2) is 30.6 Å². The Kier molecular flexibility index (Phi) is 3.67. The fraction of sp³-hybridized carbons (Fsp3) is 0.353. The minimum Gasteiger partial charge on any atom is -0.368 e. The molecule has 23 heavy (non-hydrogen) atoms. The Labute approximate surface area is 134 Å². The van der Waals surface area contributed by atoms with E-state index in [2.05, 4.69) is 31.3 Å². The number of anilines is 1. The average molecular weight is 308 g/mol. The Morgan fingerprint density at radius 1 is 1.22 bits per heavy atom. The first-order valence-electron chi connectivity index (χ1n) is 8.06. The van der Waals surface area contributed by atoms with Crippen molar-refractivity contribution in [1.29, 1.82) is 0 Å². The molecular formula is C17H20N6. The average Bonchev–Trinajstić information content (AvgIpc) is 2.99. The summed E-state index contributed by atoms with van der Waals surface area (Å²) in [4.78, 5) is 16.4. The van der Waals surface area contributed by atoms with Gasteiger partial charge >= 0.3 is 0 Å². The van der Waals surface area contributed by atoms with E-state index in [1.165, 1.54) is 12.8 Å². The van der Waals surface area contributed by atoms with Crippen LogP contribution in [-0.4, -0.2) is 33.0 Å². The quantitative estimate of drug-likeness (QED) is 0.689. The second kappa shape index (κ2) is 5.96. The summed E-state index contributed by atoms with van der Waals surface area (Å²) in [5, 5.41) is 4.45. The Bertz CT molecular complexity index is 819. The zero-order chi connectivity index (χ0) is 15.6. The van der Waals surface area contributed by atoms with Gasteiger partial charge in [-0.2, -0.15) is 0 Å². The van der Waals surface area contributed by atoms with Crippen molar-refractivity contribution >= 4 is 17.0 Å². The SMILES string of the molecule is Nc1nc(CC2CCNCC2)cc(-c2c[nH]c3ncccc23)n1. The molecule has 1 saturated heterocycles. The molecule has 0 atom stereocenters. The van der Waals surface area contributed by atoms with Gasteiger partial charge < -0.3 is 16.0 Å². The monoisotopic (exact) mass is 308 g/mol. The van der Waals surface area contributed by atoms with Crippen molar-refractivity contribution in [3.05, 3.63) is 36.3 Å². The number of aromatic amines is 1. The van der Waals surface area contributed by atoms with Crippen molar-refractivity contribution in [3.63, 3.8) is 0 Å². The third-order valence-corrected chi connectivity index (χ3v) is 4.48. The molecule has 0 spiro atoms. The number of aromatic nitrogens is 4. The second-order valence-electron chi connectivity index (χ2n) is 6.10. The number of piperidine rings is 1. The van der Waals surface area contributed by atoms with Crippen molar-refractivity contribution in [2.45, 2.75) is 19.3 Å². The molecule has 4 N–H and O–H groups in total. The van der Waals surface area contributed by atoms with Gasteiger partial charge in [0, 0.05) is 29.0 Å². The highest BCUT2D eigenvalue weighted by Crippen LogP contribution is 2.27. The van der Waals surface area contributed by atoms with Gasteiger partial charge in [-0.25, -0.2) is 15.0 Å². The van der Waals surface area contributed by atoms with Crippen molar-refractivity contribution in [3.8, 4) is 11.3 Å². The Balaban J connectivity index is 1.68. The van der Waals surface area contributed by atoms with Gasteiger partial charge in [0.05, 0.1) is 5.69 Å². The number of nitrogens with one attached hydrogen (secondary N) is 2. The van der Waals surface area contributed by atoms with Crippen LogP contribution in [0.4, 0.5) is 5.95 Å². The normalized spacial score (nSPS) is 16.0. The third-order valence-electron chi connectivity index (χ3n) is 4.48. The summed E-state index contributed by atoms with van der Waals surface area (Å²) >= 11 is 0. The van der Waals surface area contributed by atoms with Crippen LogP contribution in [0, 0.1) is 5.92 Å². The van der Waals surface area contributed by atoms with Crippen molar-refractivity contribution < 1.29 is 0 Å². The maximum absolute atomic E-state index is 5.95. The predicted octanol–water partition coefficient (Wildman–Crippen LogP) is 2.14. The topological polar surface area (TPSA) is 92.5 Å². The van der Waals surface area contributed by atoms with Gasteiger partial charge in [-0.15, -0.1) is 0 Å². The number of hydrogen-bond donors (Lipinski definition) is 3. The maximum atomic E-state index is 5.95. The summed E-state index contributed by atoms with van der Waals surface area (Å²) in [6.45, 7) is 2.18. The number of nitrogens with two attached hydrogens (primary N) is 1. The molecule has 4 rings (SSSR count). The van der Waals surface area contributed by atoms with Crippen LogP contribution >= 0.6 is 0 Å². The standard InChI is InChI=1S/C17H20N6/c18-17-22-12(8-11-3-6-19-7-4-11)9-15(23-17)14-10-21-16-13(14)2-1-5-20-16/h1-2,5,9-11,19H,3-4,6-8H2,(H,20,21)(H2,18,22,23). The van der Waals surface area contributed by atoms with E-state index in [1.54, 1.807) is 6.20 Å². The van der Waals surface area contributed by atoms with E-state index in [0.717, 1.165) is 47.5 Å². The van der Waals surface area contributed by atoms with Crippen LogP contribution in [-0.2, 0) is 6.42 Å². The van der Waals surface area contributed by atoms with E-state index in [9.17, 15) is 0 Å². The number of pyridine rings is 1. The second-order valence-corrected chi connectivity index (χ2v) is 6.10. The lowest BCUT2D eigenvalue weighted by atomic mass is 9.93. The molecule has 0 aliphatic carbocycles. The van der Waals surface area contributed by atoms with Crippen LogP contribution in [0.25, 0.3) is 22.3 Å². The summed E-state index contributed by atoms with van der Waals surface area (Å²) in [6.07, 6.45) is 7.06. The molecule has 0 aromatic carbocycles. The highest BCUT2D eigenvalue weighted by molar-refractivity contribution is 5.92. The van der Waals surface area contributed by atoms with E-state index in [4.69, 9.17) is 5.73 Å². The molecule has 6 heteroatoms. The molecule has 1 fully saturated rings. The van der Waals surface area contributed by atoms with Gasteiger partial charge in [0.1, 0.15) is 5.65 Å². The molecule has 4 heterocycles. The van der Waals surface area contributed by atoms with Gasteiger partial charge in [0.2, 0.25) is 5.95 Å². The Morgan fingerprint density at radius 2 is 2.09 bits per heavy atom. The molecule has 0 amide bonds. The molecular weight excluding hydrogens is 288 g/mol. The number of fused-ring (bicyclic) bond motifs is 1. The van der Waals surface area contributed by atoms with Crippen LogP contribution in [0.1, 0.15) is 18.5 Å². The van der Waals surface area contributed by atoms with Crippen molar-refractivity contribution in [2.75, 3.05) is 18.8 Å². The molecule has 0 radical (unpaired) electrons. The van der Waals surface area contributed by atoms with E-state index in [1.807, 2.05) is 18.3 Å². The first-order chi connectivity index (χ1) is 11.3. The molecule has 3 aromatic heterocycles. The maximum Gasteiger partial charge on any atom is 0.220 e. The largest absolute Gasteiger partial charge is 0.368 e. The highest BCUT2D eigenvalue weighted by Gasteiger charge is 2.16. The van der Waals surface area contributed by atoms with Crippen LogP contribution in [0.5, 0.6) is 0 Å². The zero-order valence-corrected chi connectivity index (χ0v) is 12.9. The summed E-state index contributed by atoms with van der Waals surface area (Å²) in [7, 11) is 0. The van der Waals surface area contributed by atoms with Crippen molar-refractivity contribution in [1.82, 2.24) is 25.3 Å². The number of nitrogens with zero attached hydrogens (tertiary/aromatic N) is 3. The molecule has 0 saturated carbocycles. The third kappa shape index (κ3) is 2.90. The number of H-pyrrole nitrogens is 1. The van der Waals surface area contributed by atoms with Crippen LogP contribution in [0.3, 0.4) is 0 Å². The van der Waals surface area contributed by atoms with E-state index >= 15 is 0 Å². The molecule has 1 aliphatic rings.